The van der Waals surface area contributed by atoms with Crippen molar-refractivity contribution in [1.82, 2.24) is 10.3 Å². The number of aromatic nitrogens is 1. The molecule has 0 bridgehead atoms. The molecule has 0 aliphatic heterocycles. The third-order valence-corrected chi connectivity index (χ3v) is 5.55. The average molecular weight is 488 g/mol. The highest BCUT2D eigenvalue weighted by atomic mass is 35.5. The fourth-order valence-electron chi connectivity index (χ4n) is 3.43. The summed E-state index contributed by atoms with van der Waals surface area (Å²) in [4.78, 5) is 17.0. The van der Waals surface area contributed by atoms with E-state index in [4.69, 9.17) is 32.7 Å². The summed E-state index contributed by atoms with van der Waals surface area (Å²) < 4.78 is 11.4. The first kappa shape index (κ1) is 21.9. The van der Waals surface area contributed by atoms with Crippen LogP contribution in [-0.2, 0) is 6.42 Å². The van der Waals surface area contributed by atoms with Crippen LogP contribution in [0.2, 0.25) is 5.02 Å². The molecule has 0 atom stereocenters. The Morgan fingerprint density at radius 1 is 0.912 bits per heavy atom. The van der Waals surface area contributed by atoms with Gasteiger partial charge >= 0.3 is 0 Å². The van der Waals surface area contributed by atoms with Crippen molar-refractivity contribution >= 4 is 51.6 Å². The van der Waals surface area contributed by atoms with Crippen molar-refractivity contribution in [3.8, 4) is 11.3 Å². The lowest BCUT2D eigenvalue weighted by Crippen LogP contribution is -2.33. The number of para-hydroxylation sites is 2. The summed E-state index contributed by atoms with van der Waals surface area (Å²) in [7, 11) is 0. The maximum absolute atomic E-state index is 12.5. The van der Waals surface area contributed by atoms with Gasteiger partial charge in [-0.15, -0.1) is 0 Å². The van der Waals surface area contributed by atoms with E-state index in [0.717, 1.165) is 27.9 Å². The molecule has 6 nitrogen and oxygen atoms in total. The second kappa shape index (κ2) is 9.51. The number of hydrogen-bond acceptors (Lipinski definition) is 5. The molecule has 0 aliphatic carbocycles. The van der Waals surface area contributed by atoms with E-state index in [1.165, 1.54) is 0 Å². The molecule has 3 aromatic carbocycles. The first-order valence-corrected chi connectivity index (χ1v) is 11.2. The molecule has 5 rings (SSSR count). The number of nitrogens with zero attached hydrogens (tertiary/aromatic N) is 1. The lowest BCUT2D eigenvalue weighted by molar-refractivity contribution is 0.0951. The van der Waals surface area contributed by atoms with Gasteiger partial charge in [0, 0.05) is 22.7 Å². The Balaban J connectivity index is 1.17. The fraction of sp³-hybridized carbons (Fsp3) is 0.0385. The Bertz CT molecular complexity index is 1440. The number of nitrogens with one attached hydrogen (secondary N) is 2. The number of carbonyl (C=O) groups is 1. The number of fused-ring (bicyclic) bond motifs is 1. The second-order valence-electron chi connectivity index (χ2n) is 7.53. The quantitative estimate of drug-likeness (QED) is 0.277. The number of furan rings is 1. The summed E-state index contributed by atoms with van der Waals surface area (Å²) in [6.07, 6.45) is 0.574. The number of halogens is 1. The van der Waals surface area contributed by atoms with Gasteiger partial charge < -0.3 is 14.2 Å². The average Bonchev–Trinajstić information content (AvgIpc) is 3.48. The van der Waals surface area contributed by atoms with Gasteiger partial charge in [0.25, 0.3) is 5.91 Å². The highest BCUT2D eigenvalue weighted by Crippen LogP contribution is 2.24. The van der Waals surface area contributed by atoms with Gasteiger partial charge in [0.15, 0.2) is 22.3 Å². The van der Waals surface area contributed by atoms with Gasteiger partial charge in [-0.3, -0.25) is 10.1 Å². The highest BCUT2D eigenvalue weighted by molar-refractivity contribution is 7.80. The van der Waals surface area contributed by atoms with Gasteiger partial charge in [-0.05, 0) is 78.4 Å². The number of amides is 1. The van der Waals surface area contributed by atoms with Crippen molar-refractivity contribution < 1.29 is 13.6 Å². The van der Waals surface area contributed by atoms with Crippen LogP contribution in [0, 0.1) is 0 Å². The maximum Gasteiger partial charge on any atom is 0.293 e. The Hall–Kier alpha value is -3.94. The predicted octanol–water partition coefficient (Wildman–Crippen LogP) is 6.46. The van der Waals surface area contributed by atoms with Crippen LogP contribution in [0.3, 0.4) is 0 Å². The third-order valence-electron chi connectivity index (χ3n) is 5.09. The molecule has 34 heavy (non-hydrogen) atoms. The zero-order valence-electron chi connectivity index (χ0n) is 17.7. The minimum Gasteiger partial charge on any atom is -0.451 e. The van der Waals surface area contributed by atoms with Crippen molar-refractivity contribution in [2.24, 2.45) is 0 Å². The van der Waals surface area contributed by atoms with Crippen LogP contribution < -0.4 is 10.6 Å². The molecular weight excluding hydrogens is 470 g/mol. The third kappa shape index (κ3) is 5.01. The first-order chi connectivity index (χ1) is 16.5. The maximum atomic E-state index is 12.5. The molecule has 0 spiro atoms. The molecule has 2 heterocycles. The normalized spacial score (nSPS) is 10.9. The molecule has 0 radical (unpaired) electrons. The van der Waals surface area contributed by atoms with Crippen LogP contribution in [0.4, 0.5) is 5.69 Å². The van der Waals surface area contributed by atoms with E-state index in [1.807, 2.05) is 60.7 Å². The van der Waals surface area contributed by atoms with Crippen molar-refractivity contribution in [3.05, 3.63) is 107 Å². The van der Waals surface area contributed by atoms with Crippen LogP contribution in [0.15, 0.2) is 93.8 Å². The molecule has 1 amide bonds. The standard InChI is InChI=1S/C26H18ClN3O3S/c27-18-9-7-17(8-10-18)21-13-14-23(32-21)25(31)30-26(34)28-19-11-5-16(6-12-19)15-24-29-20-3-1-2-4-22(20)33-24/h1-14H,15H2,(H2,28,30,31,34). The highest BCUT2D eigenvalue weighted by Gasteiger charge is 2.14. The molecule has 0 unspecified atom stereocenters. The smallest absolute Gasteiger partial charge is 0.293 e. The number of benzene rings is 3. The monoisotopic (exact) mass is 487 g/mol. The zero-order chi connectivity index (χ0) is 23.5. The first-order valence-electron chi connectivity index (χ1n) is 10.4. The van der Waals surface area contributed by atoms with Gasteiger partial charge in [-0.2, -0.15) is 0 Å². The SMILES string of the molecule is O=C(NC(=S)Nc1ccc(Cc2nc3ccccc3o2)cc1)c1ccc(-c2ccc(Cl)cc2)o1. The number of oxazole rings is 1. The largest absolute Gasteiger partial charge is 0.451 e. The van der Waals surface area contributed by atoms with E-state index in [1.54, 1.807) is 24.3 Å². The van der Waals surface area contributed by atoms with Crippen LogP contribution in [0.5, 0.6) is 0 Å². The molecule has 2 N–H and O–H groups in total. The Labute approximate surface area is 205 Å². The number of hydrogen-bond donors (Lipinski definition) is 2. The van der Waals surface area contributed by atoms with Gasteiger partial charge in [0.1, 0.15) is 11.3 Å². The molecule has 168 valence electrons. The van der Waals surface area contributed by atoms with Crippen LogP contribution in [-0.4, -0.2) is 16.0 Å². The van der Waals surface area contributed by atoms with E-state index >= 15 is 0 Å². The minimum absolute atomic E-state index is 0.155. The van der Waals surface area contributed by atoms with Gasteiger partial charge in [-0.25, -0.2) is 4.98 Å². The summed E-state index contributed by atoms with van der Waals surface area (Å²) in [6.45, 7) is 0. The molecule has 8 heteroatoms. The Morgan fingerprint density at radius 2 is 1.68 bits per heavy atom. The molecule has 5 aromatic rings. The number of anilines is 1. The molecule has 0 saturated carbocycles. The lowest BCUT2D eigenvalue weighted by Gasteiger charge is -2.09. The summed E-state index contributed by atoms with van der Waals surface area (Å²) in [5.74, 6) is 0.935. The van der Waals surface area contributed by atoms with Crippen molar-refractivity contribution in [2.45, 2.75) is 6.42 Å². The zero-order valence-corrected chi connectivity index (χ0v) is 19.3. The topological polar surface area (TPSA) is 80.3 Å². The number of carbonyl (C=O) groups excluding carboxylic acids is 1. The van der Waals surface area contributed by atoms with E-state index in [9.17, 15) is 4.79 Å². The van der Waals surface area contributed by atoms with Crippen molar-refractivity contribution in [3.63, 3.8) is 0 Å². The fourth-order valence-corrected chi connectivity index (χ4v) is 3.77. The summed E-state index contributed by atoms with van der Waals surface area (Å²) in [5, 5.41) is 6.43. The summed E-state index contributed by atoms with van der Waals surface area (Å²) >= 11 is 11.2. The van der Waals surface area contributed by atoms with Crippen molar-refractivity contribution in [1.29, 1.82) is 0 Å². The van der Waals surface area contributed by atoms with Gasteiger partial charge in [0.05, 0.1) is 0 Å². The summed E-state index contributed by atoms with van der Waals surface area (Å²) in [5.41, 5.74) is 4.22. The Kier molecular flexibility index (Phi) is 6.12. The van der Waals surface area contributed by atoms with Crippen molar-refractivity contribution in [2.75, 3.05) is 5.32 Å². The second-order valence-corrected chi connectivity index (χ2v) is 8.37. The van der Waals surface area contributed by atoms with E-state index in [2.05, 4.69) is 15.6 Å². The van der Waals surface area contributed by atoms with Gasteiger partial charge in [-0.1, -0.05) is 35.9 Å². The predicted molar refractivity (Wildman–Crippen MR) is 136 cm³/mol. The molecule has 0 fully saturated rings. The van der Waals surface area contributed by atoms with E-state index < -0.39 is 5.91 Å². The molecule has 0 saturated heterocycles. The Morgan fingerprint density at radius 3 is 2.44 bits per heavy atom. The van der Waals surface area contributed by atoms with Crippen LogP contribution in [0.25, 0.3) is 22.4 Å². The van der Waals surface area contributed by atoms with Crippen LogP contribution in [0.1, 0.15) is 22.0 Å². The molecular formula is C26H18ClN3O3S. The summed E-state index contributed by atoms with van der Waals surface area (Å²) in [6, 6.07) is 25.8. The minimum atomic E-state index is -0.440. The van der Waals surface area contributed by atoms with E-state index in [0.29, 0.717) is 23.1 Å². The lowest BCUT2D eigenvalue weighted by atomic mass is 10.1. The van der Waals surface area contributed by atoms with E-state index in [-0.39, 0.29) is 10.9 Å². The number of rotatable bonds is 5. The molecule has 2 aromatic heterocycles. The molecule has 0 aliphatic rings. The number of thiocarbonyl (C=S) groups is 1. The van der Waals surface area contributed by atoms with Gasteiger partial charge in [0.2, 0.25) is 0 Å². The van der Waals surface area contributed by atoms with Crippen LogP contribution >= 0.6 is 23.8 Å².